The Kier molecular flexibility index (Phi) is 7.96. The molecule has 0 spiro atoms. The lowest BCUT2D eigenvalue weighted by molar-refractivity contribution is -0.120. The van der Waals surface area contributed by atoms with Gasteiger partial charge in [0.1, 0.15) is 11.5 Å². The van der Waals surface area contributed by atoms with Gasteiger partial charge in [0.05, 0.1) is 20.8 Å². The first-order valence-corrected chi connectivity index (χ1v) is 8.65. The third-order valence-corrected chi connectivity index (χ3v) is 3.91. The number of nitrogens with one attached hydrogen (secondary N) is 3. The number of carbonyl (C=O) groups is 2. The van der Waals surface area contributed by atoms with Gasteiger partial charge in [-0.2, -0.15) is 0 Å². The van der Waals surface area contributed by atoms with E-state index in [2.05, 4.69) is 16.0 Å². The van der Waals surface area contributed by atoms with Gasteiger partial charge in [-0.3, -0.25) is 4.79 Å². The lowest BCUT2D eigenvalue weighted by Crippen LogP contribution is -2.42. The highest BCUT2D eigenvalue weighted by Crippen LogP contribution is 2.24. The fourth-order valence-electron chi connectivity index (χ4n) is 2.48. The standard InChI is InChI=1S/C20H25N3O4/c1-26-17-8-9-18(27-2)16(12-17)10-11-21-19(24)14-23-20(25)22-13-15-6-4-3-5-7-15/h3-9,12H,10-11,13-14H2,1-2H3,(H,21,24)(H2,22,23,25). The summed E-state index contributed by atoms with van der Waals surface area (Å²) in [5.74, 6) is 1.21. The van der Waals surface area contributed by atoms with E-state index < -0.39 is 0 Å². The minimum atomic E-state index is -0.386. The largest absolute Gasteiger partial charge is 0.497 e. The Morgan fingerprint density at radius 3 is 2.41 bits per heavy atom. The third-order valence-electron chi connectivity index (χ3n) is 3.91. The molecular weight excluding hydrogens is 346 g/mol. The smallest absolute Gasteiger partial charge is 0.315 e. The fraction of sp³-hybridized carbons (Fsp3) is 0.300. The van der Waals surface area contributed by atoms with Crippen molar-refractivity contribution in [3.63, 3.8) is 0 Å². The summed E-state index contributed by atoms with van der Waals surface area (Å²) >= 11 is 0. The van der Waals surface area contributed by atoms with Crippen LogP contribution in [0.5, 0.6) is 11.5 Å². The fourth-order valence-corrected chi connectivity index (χ4v) is 2.48. The van der Waals surface area contributed by atoms with Gasteiger partial charge in [-0.25, -0.2) is 4.79 Å². The predicted octanol–water partition coefficient (Wildman–Crippen LogP) is 1.86. The first-order chi connectivity index (χ1) is 13.1. The second-order valence-corrected chi connectivity index (χ2v) is 5.80. The minimum Gasteiger partial charge on any atom is -0.497 e. The number of rotatable bonds is 9. The summed E-state index contributed by atoms with van der Waals surface area (Å²) in [6, 6.07) is 14.7. The van der Waals surface area contributed by atoms with Gasteiger partial charge in [0, 0.05) is 13.1 Å². The molecular formula is C20H25N3O4. The number of benzene rings is 2. The zero-order chi connectivity index (χ0) is 19.5. The summed E-state index contributed by atoms with van der Waals surface area (Å²) in [4.78, 5) is 23.6. The van der Waals surface area contributed by atoms with Crippen molar-refractivity contribution in [2.45, 2.75) is 13.0 Å². The Bertz CT molecular complexity index is 750. The summed E-state index contributed by atoms with van der Waals surface area (Å²) in [6.07, 6.45) is 0.590. The van der Waals surface area contributed by atoms with Crippen molar-refractivity contribution in [3.8, 4) is 11.5 Å². The molecule has 27 heavy (non-hydrogen) atoms. The van der Waals surface area contributed by atoms with Crippen LogP contribution in [0.2, 0.25) is 0 Å². The Morgan fingerprint density at radius 1 is 0.926 bits per heavy atom. The highest BCUT2D eigenvalue weighted by molar-refractivity contribution is 5.83. The molecule has 0 aliphatic carbocycles. The molecule has 3 N–H and O–H groups in total. The van der Waals surface area contributed by atoms with E-state index in [-0.39, 0.29) is 18.5 Å². The van der Waals surface area contributed by atoms with Gasteiger partial charge in [-0.1, -0.05) is 30.3 Å². The Hall–Kier alpha value is -3.22. The quantitative estimate of drug-likeness (QED) is 0.628. The molecule has 0 bridgehead atoms. The average molecular weight is 371 g/mol. The van der Waals surface area contributed by atoms with Crippen molar-refractivity contribution in [2.75, 3.05) is 27.3 Å². The number of urea groups is 1. The molecule has 0 saturated carbocycles. The molecule has 3 amide bonds. The highest BCUT2D eigenvalue weighted by atomic mass is 16.5. The highest BCUT2D eigenvalue weighted by Gasteiger charge is 2.08. The van der Waals surface area contributed by atoms with Crippen LogP contribution in [0, 0.1) is 0 Å². The topological polar surface area (TPSA) is 88.7 Å². The number of carbonyl (C=O) groups excluding carboxylic acids is 2. The summed E-state index contributed by atoms with van der Waals surface area (Å²) in [5.41, 5.74) is 1.93. The lowest BCUT2D eigenvalue weighted by Gasteiger charge is -2.11. The molecule has 0 atom stereocenters. The van der Waals surface area contributed by atoms with E-state index in [1.807, 2.05) is 48.5 Å². The van der Waals surface area contributed by atoms with Gasteiger partial charge in [-0.15, -0.1) is 0 Å². The summed E-state index contributed by atoms with van der Waals surface area (Å²) < 4.78 is 10.5. The van der Waals surface area contributed by atoms with E-state index >= 15 is 0 Å². The van der Waals surface area contributed by atoms with E-state index in [4.69, 9.17) is 9.47 Å². The van der Waals surface area contributed by atoms with Gasteiger partial charge in [-0.05, 0) is 35.7 Å². The molecule has 7 nitrogen and oxygen atoms in total. The molecule has 0 fully saturated rings. The molecule has 2 aromatic rings. The van der Waals surface area contributed by atoms with Crippen LogP contribution >= 0.6 is 0 Å². The Morgan fingerprint density at radius 2 is 1.70 bits per heavy atom. The van der Waals surface area contributed by atoms with Crippen LogP contribution in [0.15, 0.2) is 48.5 Å². The van der Waals surface area contributed by atoms with Gasteiger partial charge >= 0.3 is 6.03 Å². The summed E-state index contributed by atoms with van der Waals surface area (Å²) in [7, 11) is 3.20. The maximum absolute atomic E-state index is 11.9. The maximum Gasteiger partial charge on any atom is 0.315 e. The van der Waals surface area contributed by atoms with Crippen molar-refractivity contribution in [1.82, 2.24) is 16.0 Å². The summed E-state index contributed by atoms with van der Waals surface area (Å²) in [5, 5.41) is 8.01. The van der Waals surface area contributed by atoms with Gasteiger partial charge in [0.25, 0.3) is 0 Å². The summed E-state index contributed by atoms with van der Waals surface area (Å²) in [6.45, 7) is 0.746. The lowest BCUT2D eigenvalue weighted by atomic mass is 10.1. The minimum absolute atomic E-state index is 0.0874. The normalized spacial score (nSPS) is 10.0. The Labute approximate surface area is 159 Å². The zero-order valence-electron chi connectivity index (χ0n) is 15.6. The number of amides is 3. The first kappa shape index (κ1) is 20.1. The first-order valence-electron chi connectivity index (χ1n) is 8.65. The molecule has 0 radical (unpaired) electrons. The molecule has 0 aromatic heterocycles. The second kappa shape index (κ2) is 10.7. The second-order valence-electron chi connectivity index (χ2n) is 5.80. The van der Waals surface area contributed by atoms with Crippen LogP contribution in [0.3, 0.4) is 0 Å². The molecule has 144 valence electrons. The molecule has 0 saturated heterocycles. The third kappa shape index (κ3) is 6.89. The van der Waals surface area contributed by atoms with Crippen LogP contribution in [-0.4, -0.2) is 39.2 Å². The van der Waals surface area contributed by atoms with E-state index in [1.54, 1.807) is 14.2 Å². The van der Waals surface area contributed by atoms with E-state index in [0.717, 1.165) is 22.6 Å². The number of methoxy groups -OCH3 is 2. The molecule has 7 heteroatoms. The average Bonchev–Trinajstić information content (AvgIpc) is 2.71. The van der Waals surface area contributed by atoms with Crippen molar-refractivity contribution in [3.05, 3.63) is 59.7 Å². The van der Waals surface area contributed by atoms with Crippen LogP contribution in [0.1, 0.15) is 11.1 Å². The number of ether oxygens (including phenoxy) is 2. The van der Waals surface area contributed by atoms with Gasteiger partial charge < -0.3 is 25.4 Å². The van der Waals surface area contributed by atoms with E-state index in [0.29, 0.717) is 19.5 Å². The van der Waals surface area contributed by atoms with Crippen LogP contribution in [0.25, 0.3) is 0 Å². The van der Waals surface area contributed by atoms with E-state index in [1.165, 1.54) is 0 Å². The monoisotopic (exact) mass is 371 g/mol. The maximum atomic E-state index is 11.9. The van der Waals surface area contributed by atoms with Crippen molar-refractivity contribution in [1.29, 1.82) is 0 Å². The molecule has 0 unspecified atom stereocenters. The van der Waals surface area contributed by atoms with Crippen LogP contribution in [0.4, 0.5) is 4.79 Å². The molecule has 0 aliphatic heterocycles. The van der Waals surface area contributed by atoms with Crippen molar-refractivity contribution in [2.24, 2.45) is 0 Å². The SMILES string of the molecule is COc1ccc(OC)c(CCNC(=O)CNC(=O)NCc2ccccc2)c1. The van der Waals surface area contributed by atoms with Crippen LogP contribution < -0.4 is 25.4 Å². The Balaban J connectivity index is 1.68. The number of hydrogen-bond acceptors (Lipinski definition) is 4. The molecule has 2 rings (SSSR count). The van der Waals surface area contributed by atoms with Crippen molar-refractivity contribution < 1.29 is 19.1 Å². The van der Waals surface area contributed by atoms with Gasteiger partial charge in [0.2, 0.25) is 5.91 Å². The zero-order valence-corrected chi connectivity index (χ0v) is 15.6. The van der Waals surface area contributed by atoms with Gasteiger partial charge in [0.15, 0.2) is 0 Å². The molecule has 0 heterocycles. The predicted molar refractivity (Wildman–Crippen MR) is 103 cm³/mol. The number of hydrogen-bond donors (Lipinski definition) is 3. The molecule has 2 aromatic carbocycles. The van der Waals surface area contributed by atoms with E-state index in [9.17, 15) is 9.59 Å². The van der Waals surface area contributed by atoms with Crippen LogP contribution in [-0.2, 0) is 17.8 Å². The van der Waals surface area contributed by atoms with Crippen molar-refractivity contribution >= 4 is 11.9 Å². The molecule has 0 aliphatic rings.